The number of hydrogen-bond acceptors (Lipinski definition) is 4. The fourth-order valence-corrected chi connectivity index (χ4v) is 2.49. The zero-order chi connectivity index (χ0) is 14.5. The molecule has 20 heavy (non-hydrogen) atoms. The van der Waals surface area contributed by atoms with Crippen LogP contribution in [0.1, 0.15) is 52.0 Å². The van der Waals surface area contributed by atoms with Crippen LogP contribution < -0.4 is 5.73 Å². The lowest BCUT2D eigenvalue weighted by atomic mass is 10.1. The summed E-state index contributed by atoms with van der Waals surface area (Å²) < 4.78 is 1.94. The molecule has 2 atom stereocenters. The maximum absolute atomic E-state index is 6.13. The minimum atomic E-state index is 0.303. The van der Waals surface area contributed by atoms with Crippen LogP contribution in [-0.4, -0.2) is 25.1 Å². The molecule has 6 heteroatoms. The Bertz CT molecular complexity index is 553. The first kappa shape index (κ1) is 15.0. The van der Waals surface area contributed by atoms with Crippen molar-refractivity contribution in [3.63, 3.8) is 0 Å². The Morgan fingerprint density at radius 2 is 2.05 bits per heavy atom. The van der Waals surface area contributed by atoms with Gasteiger partial charge in [-0.05, 0) is 26.2 Å². The van der Waals surface area contributed by atoms with E-state index in [0.717, 1.165) is 43.1 Å². The Labute approximate surface area is 124 Å². The van der Waals surface area contributed by atoms with Gasteiger partial charge in [-0.2, -0.15) is 5.10 Å². The van der Waals surface area contributed by atoms with Crippen LogP contribution in [0, 0.1) is 0 Å². The largest absolute Gasteiger partial charge is 0.383 e. The summed E-state index contributed by atoms with van der Waals surface area (Å²) in [6.07, 6.45) is 8.72. The van der Waals surface area contributed by atoms with E-state index in [1.165, 1.54) is 6.33 Å². The van der Waals surface area contributed by atoms with Gasteiger partial charge in [-0.25, -0.2) is 14.6 Å². The molecule has 2 aromatic heterocycles. The number of nitrogens with zero attached hydrogens (tertiary/aromatic N) is 4. The molecule has 2 aromatic rings. The first-order valence-electron chi connectivity index (χ1n) is 7.21. The van der Waals surface area contributed by atoms with Gasteiger partial charge in [-0.3, -0.25) is 0 Å². The molecule has 2 unspecified atom stereocenters. The molecule has 0 aliphatic carbocycles. The number of nitrogen functional groups attached to an aromatic ring is 1. The second-order valence-electron chi connectivity index (χ2n) is 5.22. The SMILES string of the molecule is CCC(Cl)CCCCC(C)n1ncc2c(N)ncnc21. The summed E-state index contributed by atoms with van der Waals surface area (Å²) in [5, 5.41) is 5.53. The fraction of sp³-hybridized carbons (Fsp3) is 0.643. The van der Waals surface area contributed by atoms with Gasteiger partial charge in [0.15, 0.2) is 5.65 Å². The second-order valence-corrected chi connectivity index (χ2v) is 5.84. The van der Waals surface area contributed by atoms with Crippen LogP contribution in [0.3, 0.4) is 0 Å². The summed E-state index contributed by atoms with van der Waals surface area (Å²) in [6.45, 7) is 4.28. The van der Waals surface area contributed by atoms with Crippen molar-refractivity contribution >= 4 is 28.5 Å². The highest BCUT2D eigenvalue weighted by Gasteiger charge is 2.13. The van der Waals surface area contributed by atoms with Gasteiger partial charge >= 0.3 is 0 Å². The van der Waals surface area contributed by atoms with E-state index in [4.69, 9.17) is 17.3 Å². The van der Waals surface area contributed by atoms with Crippen molar-refractivity contribution in [3.05, 3.63) is 12.5 Å². The van der Waals surface area contributed by atoms with Crippen LogP contribution in [0.15, 0.2) is 12.5 Å². The molecular formula is C14H22ClN5. The number of nitrogens with two attached hydrogens (primary N) is 1. The van der Waals surface area contributed by atoms with Gasteiger partial charge in [0.1, 0.15) is 12.1 Å². The molecule has 0 saturated carbocycles. The Hall–Kier alpha value is -1.36. The molecule has 2 rings (SSSR count). The third kappa shape index (κ3) is 3.39. The number of aromatic nitrogens is 4. The van der Waals surface area contributed by atoms with Gasteiger partial charge < -0.3 is 5.73 Å². The number of alkyl halides is 1. The van der Waals surface area contributed by atoms with E-state index in [-0.39, 0.29) is 0 Å². The van der Waals surface area contributed by atoms with Crippen LogP contribution in [0.5, 0.6) is 0 Å². The van der Waals surface area contributed by atoms with Crippen molar-refractivity contribution in [1.29, 1.82) is 0 Å². The van der Waals surface area contributed by atoms with Gasteiger partial charge in [0.2, 0.25) is 0 Å². The highest BCUT2D eigenvalue weighted by molar-refractivity contribution is 6.20. The molecule has 0 aromatic carbocycles. The van der Waals surface area contributed by atoms with Gasteiger partial charge in [0.05, 0.1) is 17.6 Å². The summed E-state index contributed by atoms with van der Waals surface area (Å²) in [5.74, 6) is 0.487. The standard InChI is InChI=1S/C14H22ClN5/c1-3-11(15)7-5-4-6-10(2)20-14-12(8-19-20)13(16)17-9-18-14/h8-11H,3-7H2,1-2H3,(H2,16,17,18). The first-order valence-corrected chi connectivity index (χ1v) is 7.64. The molecule has 0 amide bonds. The second kappa shape index (κ2) is 6.88. The van der Waals surface area contributed by atoms with Crippen molar-refractivity contribution in [2.45, 2.75) is 57.4 Å². The highest BCUT2D eigenvalue weighted by Crippen LogP contribution is 2.22. The van der Waals surface area contributed by atoms with E-state index in [1.807, 2.05) is 4.68 Å². The predicted octanol–water partition coefficient (Wildman–Crippen LogP) is 3.55. The molecule has 2 N–H and O–H groups in total. The minimum Gasteiger partial charge on any atom is -0.383 e. The summed E-state index contributed by atoms with van der Waals surface area (Å²) in [4.78, 5) is 8.26. The topological polar surface area (TPSA) is 69.6 Å². The molecule has 2 heterocycles. The average molecular weight is 296 g/mol. The molecule has 0 aliphatic heterocycles. The monoisotopic (exact) mass is 295 g/mol. The zero-order valence-corrected chi connectivity index (χ0v) is 12.8. The molecular weight excluding hydrogens is 274 g/mol. The smallest absolute Gasteiger partial charge is 0.163 e. The lowest BCUT2D eigenvalue weighted by Crippen LogP contribution is -2.08. The van der Waals surface area contributed by atoms with Crippen molar-refractivity contribution in [2.24, 2.45) is 0 Å². The normalized spacial score (nSPS) is 14.6. The molecule has 0 spiro atoms. The van der Waals surface area contributed by atoms with E-state index in [2.05, 4.69) is 28.9 Å². The van der Waals surface area contributed by atoms with Gasteiger partial charge in [0.25, 0.3) is 0 Å². The summed E-state index contributed by atoms with van der Waals surface area (Å²) in [5.41, 5.74) is 6.63. The number of unbranched alkanes of at least 4 members (excludes halogenated alkanes) is 1. The predicted molar refractivity (Wildman–Crippen MR) is 82.8 cm³/mol. The average Bonchev–Trinajstić information content (AvgIpc) is 2.88. The Kier molecular flexibility index (Phi) is 5.17. The van der Waals surface area contributed by atoms with Crippen LogP contribution in [0.25, 0.3) is 11.0 Å². The van der Waals surface area contributed by atoms with Crippen molar-refractivity contribution in [3.8, 4) is 0 Å². The molecule has 0 bridgehead atoms. The Morgan fingerprint density at radius 3 is 2.80 bits per heavy atom. The number of fused-ring (bicyclic) bond motifs is 1. The zero-order valence-electron chi connectivity index (χ0n) is 12.1. The van der Waals surface area contributed by atoms with Gasteiger partial charge in [-0.1, -0.05) is 19.8 Å². The molecule has 0 radical (unpaired) electrons. The summed E-state index contributed by atoms with van der Waals surface area (Å²) in [6, 6.07) is 0.303. The van der Waals surface area contributed by atoms with Gasteiger partial charge in [-0.15, -0.1) is 11.6 Å². The third-order valence-electron chi connectivity index (χ3n) is 3.67. The Balaban J connectivity index is 1.94. The van der Waals surface area contributed by atoms with E-state index in [9.17, 15) is 0 Å². The fourth-order valence-electron chi connectivity index (χ4n) is 2.33. The third-order valence-corrected chi connectivity index (χ3v) is 4.20. The lowest BCUT2D eigenvalue weighted by Gasteiger charge is -2.13. The van der Waals surface area contributed by atoms with E-state index < -0.39 is 0 Å². The van der Waals surface area contributed by atoms with E-state index in [1.54, 1.807) is 6.20 Å². The van der Waals surface area contributed by atoms with Crippen molar-refractivity contribution in [2.75, 3.05) is 5.73 Å². The Morgan fingerprint density at radius 1 is 1.30 bits per heavy atom. The number of anilines is 1. The van der Waals surface area contributed by atoms with Crippen molar-refractivity contribution < 1.29 is 0 Å². The summed E-state index contributed by atoms with van der Waals surface area (Å²) in [7, 11) is 0. The van der Waals surface area contributed by atoms with E-state index >= 15 is 0 Å². The molecule has 0 fully saturated rings. The molecule has 5 nitrogen and oxygen atoms in total. The quantitative estimate of drug-likeness (QED) is 0.626. The number of rotatable bonds is 7. The van der Waals surface area contributed by atoms with Crippen molar-refractivity contribution in [1.82, 2.24) is 19.7 Å². The summed E-state index contributed by atoms with van der Waals surface area (Å²) >= 11 is 6.13. The van der Waals surface area contributed by atoms with Crippen LogP contribution >= 0.6 is 11.6 Å². The highest BCUT2D eigenvalue weighted by atomic mass is 35.5. The lowest BCUT2D eigenvalue weighted by molar-refractivity contribution is 0.443. The number of halogens is 1. The maximum Gasteiger partial charge on any atom is 0.163 e. The number of hydrogen-bond donors (Lipinski definition) is 1. The molecule has 0 saturated heterocycles. The first-order chi connectivity index (χ1) is 9.63. The van der Waals surface area contributed by atoms with Crippen LogP contribution in [0.4, 0.5) is 5.82 Å². The van der Waals surface area contributed by atoms with Crippen LogP contribution in [0.2, 0.25) is 0 Å². The minimum absolute atomic E-state index is 0.303. The van der Waals surface area contributed by atoms with Crippen LogP contribution in [-0.2, 0) is 0 Å². The molecule has 110 valence electrons. The van der Waals surface area contributed by atoms with Gasteiger partial charge in [0, 0.05) is 5.38 Å². The van der Waals surface area contributed by atoms with E-state index in [0.29, 0.717) is 17.2 Å². The maximum atomic E-state index is 6.13. The molecule has 0 aliphatic rings.